The lowest BCUT2D eigenvalue weighted by atomic mass is 9.90. The lowest BCUT2D eigenvalue weighted by molar-refractivity contribution is -0.119. The minimum atomic E-state index is -0.775. The molecule has 2 saturated heterocycles. The van der Waals surface area contributed by atoms with Crippen LogP contribution in [0.2, 0.25) is 0 Å². The van der Waals surface area contributed by atoms with Gasteiger partial charge in [-0.05, 0) is 69.6 Å². The van der Waals surface area contributed by atoms with Gasteiger partial charge in [0.15, 0.2) is 5.78 Å². The van der Waals surface area contributed by atoms with E-state index in [1.807, 2.05) is 19.3 Å². The standard InChI is InChI=1S/C36H51F2N7O3/c1-41-33-18-23(32(40)21-34(33)48-17-16-46)22-42-24-2-4-25(5-3-24)44-12-14-45(15-13-44)26-8-10-43(11-9-26)27-19-29(37)35(30(38)20-27)28-6-7-31(39)36(28)47/h18-22,24-26,28,31,41,46H,2-17,39-40H2,1H3/t24?,25?,28-,31?/m1/s1. The number of hydrogen-bond acceptors (Lipinski definition) is 10. The van der Waals surface area contributed by atoms with Crippen molar-refractivity contribution < 1.29 is 23.4 Å². The monoisotopic (exact) mass is 667 g/mol. The van der Waals surface area contributed by atoms with Crippen molar-refractivity contribution in [2.45, 2.75) is 81.5 Å². The number of halogens is 2. The number of nitrogen functional groups attached to an aromatic ring is 1. The van der Waals surface area contributed by atoms with E-state index in [-0.39, 0.29) is 30.6 Å². The molecule has 2 aliphatic heterocycles. The number of nitrogens with two attached hydrogens (primary N) is 2. The molecule has 2 aromatic carbocycles. The number of nitrogens with one attached hydrogen (secondary N) is 1. The Balaban J connectivity index is 0.941. The third kappa shape index (κ3) is 7.61. The van der Waals surface area contributed by atoms with Crippen molar-refractivity contribution in [3.8, 4) is 5.75 Å². The van der Waals surface area contributed by atoms with E-state index in [1.165, 1.54) is 12.1 Å². The third-order valence-electron chi connectivity index (χ3n) is 11.0. The van der Waals surface area contributed by atoms with Crippen LogP contribution in [0, 0.1) is 11.6 Å². The van der Waals surface area contributed by atoms with Crippen molar-refractivity contribution in [2.75, 3.05) is 75.5 Å². The minimum absolute atomic E-state index is 0.0574. The number of carbonyl (C=O) groups is 1. The van der Waals surface area contributed by atoms with Crippen LogP contribution in [-0.4, -0.2) is 111 Å². The number of anilines is 3. The first-order valence-corrected chi connectivity index (χ1v) is 17.6. The smallest absolute Gasteiger partial charge is 0.157 e. The van der Waals surface area contributed by atoms with E-state index in [2.05, 4.69) is 20.0 Å². The molecule has 0 aromatic heterocycles. The van der Waals surface area contributed by atoms with Gasteiger partial charge in [0, 0.05) is 93.2 Å². The summed E-state index contributed by atoms with van der Waals surface area (Å²) in [6.45, 7) is 5.88. The summed E-state index contributed by atoms with van der Waals surface area (Å²) in [4.78, 5) is 24.6. The molecule has 4 fully saturated rings. The average molecular weight is 668 g/mol. The summed E-state index contributed by atoms with van der Waals surface area (Å²) in [5.74, 6) is -1.70. The van der Waals surface area contributed by atoms with Gasteiger partial charge in [-0.15, -0.1) is 0 Å². The van der Waals surface area contributed by atoms with Gasteiger partial charge in [0.2, 0.25) is 0 Å². The molecule has 2 aromatic rings. The summed E-state index contributed by atoms with van der Waals surface area (Å²) in [5.41, 5.74) is 14.8. The maximum Gasteiger partial charge on any atom is 0.157 e. The van der Waals surface area contributed by atoms with Crippen LogP contribution in [0.1, 0.15) is 68.4 Å². The number of rotatable bonds is 10. The quantitative estimate of drug-likeness (QED) is 0.221. The zero-order valence-electron chi connectivity index (χ0n) is 28.1. The van der Waals surface area contributed by atoms with E-state index in [4.69, 9.17) is 26.3 Å². The van der Waals surface area contributed by atoms with Crippen LogP contribution in [0.3, 0.4) is 0 Å². The van der Waals surface area contributed by atoms with E-state index < -0.39 is 23.6 Å². The summed E-state index contributed by atoms with van der Waals surface area (Å²) >= 11 is 0. The Hall–Kier alpha value is -3.32. The molecule has 0 amide bonds. The number of hydrogen-bond donors (Lipinski definition) is 4. The van der Waals surface area contributed by atoms with Gasteiger partial charge in [0.1, 0.15) is 24.0 Å². The molecular formula is C36H51F2N7O3. The molecule has 2 saturated carbocycles. The van der Waals surface area contributed by atoms with Gasteiger partial charge in [0.05, 0.1) is 30.3 Å². The number of Topliss-reactive ketones (excluding diaryl/α,β-unsaturated/α-hetero) is 1. The van der Waals surface area contributed by atoms with Crippen LogP contribution in [0.5, 0.6) is 5.75 Å². The zero-order chi connectivity index (χ0) is 33.8. The molecule has 262 valence electrons. The molecule has 48 heavy (non-hydrogen) atoms. The number of ether oxygens (including phenoxy) is 1. The second kappa shape index (κ2) is 15.5. The molecule has 0 spiro atoms. The first-order valence-electron chi connectivity index (χ1n) is 17.6. The molecule has 10 nitrogen and oxygen atoms in total. The van der Waals surface area contributed by atoms with E-state index in [1.54, 1.807) is 6.07 Å². The van der Waals surface area contributed by atoms with Gasteiger partial charge in [-0.25, -0.2) is 8.78 Å². The second-order valence-corrected chi connectivity index (χ2v) is 13.8. The number of aliphatic hydroxyl groups excluding tert-OH is 1. The lowest BCUT2D eigenvalue weighted by Gasteiger charge is -2.46. The van der Waals surface area contributed by atoms with Crippen molar-refractivity contribution >= 4 is 29.1 Å². The number of carbonyl (C=O) groups excluding carboxylic acids is 1. The first kappa shape index (κ1) is 34.5. The third-order valence-corrected chi connectivity index (χ3v) is 11.0. The van der Waals surface area contributed by atoms with Crippen molar-refractivity contribution in [1.29, 1.82) is 0 Å². The van der Waals surface area contributed by atoms with Crippen LogP contribution in [0.4, 0.5) is 25.8 Å². The van der Waals surface area contributed by atoms with Crippen LogP contribution in [0.25, 0.3) is 0 Å². The summed E-state index contributed by atoms with van der Waals surface area (Å²) < 4.78 is 35.8. The van der Waals surface area contributed by atoms with Crippen LogP contribution in [-0.2, 0) is 4.79 Å². The van der Waals surface area contributed by atoms with Gasteiger partial charge < -0.3 is 31.5 Å². The molecule has 0 radical (unpaired) electrons. The van der Waals surface area contributed by atoms with Crippen molar-refractivity contribution in [3.63, 3.8) is 0 Å². The fourth-order valence-electron chi connectivity index (χ4n) is 8.17. The van der Waals surface area contributed by atoms with Crippen molar-refractivity contribution in [3.05, 3.63) is 47.0 Å². The predicted octanol–water partition coefficient (Wildman–Crippen LogP) is 3.75. The normalized spacial score (nSPS) is 26.4. The summed E-state index contributed by atoms with van der Waals surface area (Å²) in [6, 6.07) is 7.25. The minimum Gasteiger partial charge on any atom is -0.489 e. The Morgan fingerprint density at radius 3 is 2.10 bits per heavy atom. The molecule has 2 heterocycles. The summed E-state index contributed by atoms with van der Waals surface area (Å²) in [5, 5.41) is 12.2. The second-order valence-electron chi connectivity index (χ2n) is 13.8. The van der Waals surface area contributed by atoms with Gasteiger partial charge in [-0.3, -0.25) is 19.6 Å². The number of piperazine rings is 1. The molecule has 1 unspecified atom stereocenters. The maximum atomic E-state index is 15.1. The highest BCUT2D eigenvalue weighted by atomic mass is 19.1. The topological polar surface area (TPSA) is 133 Å². The zero-order valence-corrected chi connectivity index (χ0v) is 28.1. The Kier molecular flexibility index (Phi) is 11.1. The summed E-state index contributed by atoms with van der Waals surface area (Å²) in [6.07, 6.45) is 9.07. The Morgan fingerprint density at radius 1 is 0.917 bits per heavy atom. The maximum absolute atomic E-state index is 15.1. The first-order chi connectivity index (χ1) is 23.2. The number of piperidine rings is 1. The molecular weight excluding hydrogens is 616 g/mol. The molecule has 6 rings (SSSR count). The van der Waals surface area contributed by atoms with Crippen molar-refractivity contribution in [2.24, 2.45) is 10.7 Å². The van der Waals surface area contributed by atoms with Crippen LogP contribution in [0.15, 0.2) is 29.3 Å². The summed E-state index contributed by atoms with van der Waals surface area (Å²) in [7, 11) is 1.83. The molecule has 12 heteroatoms. The lowest BCUT2D eigenvalue weighted by Crippen LogP contribution is -2.55. The predicted molar refractivity (Wildman–Crippen MR) is 186 cm³/mol. The highest BCUT2D eigenvalue weighted by molar-refractivity contribution is 5.92. The Morgan fingerprint density at radius 2 is 1.54 bits per heavy atom. The molecule has 6 N–H and O–H groups in total. The fraction of sp³-hybridized carbons (Fsp3) is 0.611. The van der Waals surface area contributed by atoms with E-state index in [9.17, 15) is 4.79 Å². The van der Waals surface area contributed by atoms with Crippen LogP contribution < -0.4 is 26.4 Å². The number of ketones is 1. The van der Waals surface area contributed by atoms with E-state index >= 15 is 8.78 Å². The van der Waals surface area contributed by atoms with Gasteiger partial charge in [0.25, 0.3) is 0 Å². The van der Waals surface area contributed by atoms with Gasteiger partial charge in [-0.1, -0.05) is 0 Å². The van der Waals surface area contributed by atoms with Crippen LogP contribution >= 0.6 is 0 Å². The van der Waals surface area contributed by atoms with E-state index in [0.717, 1.165) is 89.0 Å². The number of nitrogens with zero attached hydrogens (tertiary/aromatic N) is 4. The number of benzene rings is 2. The average Bonchev–Trinajstić information content (AvgIpc) is 3.43. The highest BCUT2D eigenvalue weighted by Gasteiger charge is 2.37. The van der Waals surface area contributed by atoms with E-state index in [0.29, 0.717) is 42.0 Å². The highest BCUT2D eigenvalue weighted by Crippen LogP contribution is 2.37. The SMILES string of the molecule is CNc1cc(C=NC2CCC(N3CCN(C4CCN(c5cc(F)c([C@H]6CCC(N)C6=O)c(F)c5)CC4)CC3)CC2)c(N)cc1OCCO. The van der Waals surface area contributed by atoms with Crippen molar-refractivity contribution in [1.82, 2.24) is 9.80 Å². The molecule has 2 aliphatic carbocycles. The van der Waals surface area contributed by atoms with Gasteiger partial charge >= 0.3 is 0 Å². The number of aliphatic hydroxyl groups is 1. The Labute approximate surface area is 282 Å². The largest absolute Gasteiger partial charge is 0.489 e. The number of aliphatic imine (C=N–C) groups is 1. The molecule has 2 atom stereocenters. The molecule has 4 aliphatic rings. The fourth-order valence-corrected chi connectivity index (χ4v) is 8.17. The Bertz CT molecular complexity index is 1430. The molecule has 0 bridgehead atoms. The van der Waals surface area contributed by atoms with Gasteiger partial charge in [-0.2, -0.15) is 0 Å².